The molecule has 1 saturated heterocycles. The number of aldehydes is 1. The highest BCUT2D eigenvalue weighted by atomic mass is 35.5. The smallest absolute Gasteiger partial charge is 0.346 e. The number of carbonyl (C=O) groups is 2. The Hall–Kier alpha value is -4.57. The number of carbonyl (C=O) groups excluding carboxylic acids is 2. The average Bonchev–Trinajstić information content (AvgIpc) is 3.63. The summed E-state index contributed by atoms with van der Waals surface area (Å²) in [5.41, 5.74) is 0.587. The number of nitrogens with zero attached hydrogens (tertiary/aromatic N) is 4. The minimum Gasteiger partial charge on any atom is -0.464 e. The van der Waals surface area contributed by atoms with Gasteiger partial charge in [0.1, 0.15) is 6.23 Å². The van der Waals surface area contributed by atoms with E-state index in [9.17, 15) is 14.4 Å². The van der Waals surface area contributed by atoms with Crippen molar-refractivity contribution in [2.75, 3.05) is 25.6 Å². The highest BCUT2D eigenvalue weighted by Gasteiger charge is 2.44. The van der Waals surface area contributed by atoms with Crippen molar-refractivity contribution in [1.82, 2.24) is 24.5 Å². The summed E-state index contributed by atoms with van der Waals surface area (Å²) >= 11 is 6.12. The fourth-order valence-corrected chi connectivity index (χ4v) is 5.22. The lowest BCUT2D eigenvalue weighted by Gasteiger charge is -2.28. The van der Waals surface area contributed by atoms with E-state index in [0.717, 1.165) is 0 Å². The van der Waals surface area contributed by atoms with Crippen LogP contribution < -0.4 is 10.9 Å². The summed E-state index contributed by atoms with van der Waals surface area (Å²) in [4.78, 5) is 53.3. The molecule has 0 aliphatic carbocycles. The van der Waals surface area contributed by atoms with Crippen molar-refractivity contribution < 1.29 is 23.8 Å². The molecular weight excluding hydrogens is 576 g/mol. The van der Waals surface area contributed by atoms with Gasteiger partial charge in [-0.1, -0.05) is 24.3 Å². The Morgan fingerprint density at radius 2 is 2.12 bits per heavy atom. The number of aromatic amines is 1. The van der Waals surface area contributed by atoms with E-state index in [1.165, 1.54) is 0 Å². The molecule has 1 aliphatic heterocycles. The van der Waals surface area contributed by atoms with Gasteiger partial charge in [-0.05, 0) is 41.8 Å². The third-order valence-electron chi connectivity index (χ3n) is 7.26. The summed E-state index contributed by atoms with van der Waals surface area (Å²) in [6, 6.07) is 10.4. The molecule has 4 aromatic rings. The van der Waals surface area contributed by atoms with E-state index in [0.29, 0.717) is 46.4 Å². The first-order valence-corrected chi connectivity index (χ1v) is 13.9. The van der Waals surface area contributed by atoms with Gasteiger partial charge in [-0.25, -0.2) is 9.78 Å². The molecule has 0 amide bonds. The van der Waals surface area contributed by atoms with Crippen LogP contribution in [0.3, 0.4) is 0 Å². The number of benzene rings is 1. The highest BCUT2D eigenvalue weighted by Crippen LogP contribution is 2.36. The average molecular weight is 605 g/mol. The monoisotopic (exact) mass is 604 g/mol. The van der Waals surface area contributed by atoms with Gasteiger partial charge >= 0.3 is 5.97 Å². The Kier molecular flexibility index (Phi) is 8.86. The molecule has 0 radical (unpaired) electrons. The molecule has 4 atom stereocenters. The number of rotatable bonds is 11. The molecule has 12 nitrogen and oxygen atoms in total. The molecule has 0 bridgehead atoms. The summed E-state index contributed by atoms with van der Waals surface area (Å²) in [6.07, 6.45) is 8.49. The minimum absolute atomic E-state index is 0.0405. The van der Waals surface area contributed by atoms with Crippen molar-refractivity contribution in [2.45, 2.75) is 37.7 Å². The van der Waals surface area contributed by atoms with Gasteiger partial charge in [0.2, 0.25) is 10.9 Å². The molecule has 0 saturated carbocycles. The number of pyridine rings is 1. The number of anilines is 1. The summed E-state index contributed by atoms with van der Waals surface area (Å²) in [7, 11) is 1.70. The van der Waals surface area contributed by atoms with E-state index in [4.69, 9.17) is 32.2 Å². The molecule has 4 heterocycles. The van der Waals surface area contributed by atoms with Crippen LogP contribution in [0.5, 0.6) is 0 Å². The van der Waals surface area contributed by atoms with Crippen LogP contribution in [0.2, 0.25) is 5.28 Å². The van der Waals surface area contributed by atoms with Crippen LogP contribution in [-0.4, -0.2) is 68.7 Å². The molecule has 1 aliphatic rings. The maximum Gasteiger partial charge on any atom is 0.346 e. The van der Waals surface area contributed by atoms with E-state index in [1.807, 2.05) is 0 Å². The van der Waals surface area contributed by atoms with Gasteiger partial charge in [-0.3, -0.25) is 14.2 Å². The predicted octanol–water partition coefficient (Wildman–Crippen LogP) is 3.17. The van der Waals surface area contributed by atoms with E-state index >= 15 is 0 Å². The molecule has 3 aromatic heterocycles. The van der Waals surface area contributed by atoms with E-state index in [1.54, 1.807) is 67.5 Å². The predicted molar refractivity (Wildman–Crippen MR) is 158 cm³/mol. The molecule has 5 rings (SSSR count). The Morgan fingerprint density at radius 1 is 1.33 bits per heavy atom. The fourth-order valence-electron chi connectivity index (χ4n) is 5.05. The number of nitrogens with one attached hydrogen (secondary N) is 2. The number of hydrogen-bond acceptors (Lipinski definition) is 10. The number of esters is 1. The summed E-state index contributed by atoms with van der Waals surface area (Å²) in [5.74, 6) is 1.97. The number of H-pyrrole nitrogens is 1. The fraction of sp³-hybridized carbons (Fsp3) is 0.333. The van der Waals surface area contributed by atoms with Crippen LogP contribution in [-0.2, 0) is 30.2 Å². The number of ether oxygens (including phenoxy) is 3. The van der Waals surface area contributed by atoms with Crippen LogP contribution in [0, 0.1) is 18.3 Å². The quantitative estimate of drug-likeness (QED) is 0.0859. The number of hydrogen-bond donors (Lipinski definition) is 2. The zero-order valence-corrected chi connectivity index (χ0v) is 24.2. The first-order chi connectivity index (χ1) is 20.8. The van der Waals surface area contributed by atoms with E-state index in [2.05, 4.69) is 31.2 Å². The SMILES string of the molecule is C#CC1CC(n2cnc3c(NC)nc(Cl)nc32)OC1COC(C=O)(Cc1ccc(-c2ccc[nH]c2=O)cc1)C(=O)OCC. The molecule has 1 fully saturated rings. The van der Waals surface area contributed by atoms with E-state index < -0.39 is 29.8 Å². The Labute approximate surface area is 251 Å². The number of aromatic nitrogens is 5. The van der Waals surface area contributed by atoms with Crippen LogP contribution in [0.15, 0.2) is 53.7 Å². The van der Waals surface area contributed by atoms with Gasteiger partial charge in [0.15, 0.2) is 23.3 Å². The molecule has 13 heteroatoms. The minimum atomic E-state index is -1.95. The molecule has 0 spiro atoms. The number of fused-ring (bicyclic) bond motifs is 1. The summed E-state index contributed by atoms with van der Waals surface area (Å²) in [6.45, 7) is 1.53. The number of imidazole rings is 1. The second-order valence-corrected chi connectivity index (χ2v) is 10.2. The normalized spacial score (nSPS) is 19.4. The van der Waals surface area contributed by atoms with Gasteiger partial charge < -0.3 is 24.5 Å². The van der Waals surface area contributed by atoms with Crippen molar-refractivity contribution in [3.8, 4) is 23.5 Å². The maximum atomic E-state index is 13.1. The molecular formula is C30H29ClN6O6. The largest absolute Gasteiger partial charge is 0.464 e. The van der Waals surface area contributed by atoms with Crippen molar-refractivity contribution >= 4 is 40.8 Å². The lowest BCUT2D eigenvalue weighted by Crippen LogP contribution is -2.48. The molecule has 222 valence electrons. The van der Waals surface area contributed by atoms with Gasteiger partial charge in [0.25, 0.3) is 5.56 Å². The second kappa shape index (κ2) is 12.7. The highest BCUT2D eigenvalue weighted by molar-refractivity contribution is 6.28. The standard InChI is InChI=1S/C30H29ClN6O6/c1-4-19-13-23(37-17-34-24-25(32-3)35-29(31)36-26(24)37)43-22(19)15-42-30(16-38,28(40)41-5-2)14-18-8-10-20(11-9-18)21-7-6-12-33-27(21)39/h1,6-12,16-17,19,22-23H,5,13-15H2,2-3H3,(H,33,39)(H,32,35,36). The van der Waals surface area contributed by atoms with Gasteiger partial charge in [-0.2, -0.15) is 9.97 Å². The lowest BCUT2D eigenvalue weighted by molar-refractivity contribution is -0.177. The Balaban J connectivity index is 1.36. The molecule has 43 heavy (non-hydrogen) atoms. The molecule has 1 aromatic carbocycles. The topological polar surface area (TPSA) is 150 Å². The first kappa shape index (κ1) is 29.9. The third kappa shape index (κ3) is 6.01. The Morgan fingerprint density at radius 3 is 2.79 bits per heavy atom. The Bertz CT molecular complexity index is 1730. The zero-order chi connectivity index (χ0) is 30.6. The first-order valence-electron chi connectivity index (χ1n) is 13.6. The van der Waals surface area contributed by atoms with Crippen molar-refractivity contribution in [1.29, 1.82) is 0 Å². The van der Waals surface area contributed by atoms with Crippen molar-refractivity contribution in [3.63, 3.8) is 0 Å². The number of halogens is 1. The lowest BCUT2D eigenvalue weighted by atomic mass is 9.94. The number of terminal acetylenes is 1. The van der Waals surface area contributed by atoms with Crippen LogP contribution in [0.4, 0.5) is 5.82 Å². The van der Waals surface area contributed by atoms with Gasteiger partial charge in [0.05, 0.1) is 31.6 Å². The molecule has 4 unspecified atom stereocenters. The van der Waals surface area contributed by atoms with Crippen molar-refractivity contribution in [2.24, 2.45) is 5.92 Å². The van der Waals surface area contributed by atoms with Crippen LogP contribution in [0.25, 0.3) is 22.3 Å². The van der Waals surface area contributed by atoms with Crippen molar-refractivity contribution in [3.05, 3.63) is 70.1 Å². The molecule has 2 N–H and O–H groups in total. The third-order valence-corrected chi connectivity index (χ3v) is 7.43. The van der Waals surface area contributed by atoms with Gasteiger partial charge in [-0.15, -0.1) is 12.3 Å². The van der Waals surface area contributed by atoms with Crippen LogP contribution >= 0.6 is 11.6 Å². The van der Waals surface area contributed by atoms with Crippen LogP contribution in [0.1, 0.15) is 25.1 Å². The zero-order valence-electron chi connectivity index (χ0n) is 23.5. The second-order valence-electron chi connectivity index (χ2n) is 9.88. The summed E-state index contributed by atoms with van der Waals surface area (Å²) < 4.78 is 19.3. The summed E-state index contributed by atoms with van der Waals surface area (Å²) in [5, 5.41) is 2.99. The van der Waals surface area contributed by atoms with E-state index in [-0.39, 0.29) is 30.5 Å². The van der Waals surface area contributed by atoms with Gasteiger partial charge in [0, 0.05) is 31.6 Å². The maximum absolute atomic E-state index is 13.1.